The molecule has 1 N–H and O–H groups in total. The lowest BCUT2D eigenvalue weighted by molar-refractivity contribution is 0.585. The minimum atomic E-state index is -0.554. The average Bonchev–Trinajstić information content (AvgIpc) is 2.99. The summed E-state index contributed by atoms with van der Waals surface area (Å²) in [5, 5.41) is 2.95. The molecule has 0 radical (unpaired) electrons. The third kappa shape index (κ3) is 3.05. The first kappa shape index (κ1) is 13.2. The van der Waals surface area contributed by atoms with Gasteiger partial charge in [-0.25, -0.2) is 14.4 Å². The lowest BCUT2D eigenvalue weighted by Gasteiger charge is -2.08. The molecular formula is C15H12F2N4. The van der Waals surface area contributed by atoms with Gasteiger partial charge in [0.1, 0.15) is 11.6 Å². The van der Waals surface area contributed by atoms with E-state index in [1.165, 1.54) is 18.5 Å². The fourth-order valence-corrected chi connectivity index (χ4v) is 1.97. The molecule has 4 nitrogen and oxygen atoms in total. The summed E-state index contributed by atoms with van der Waals surface area (Å²) >= 11 is 0. The average molecular weight is 286 g/mol. The van der Waals surface area contributed by atoms with Gasteiger partial charge in [0.25, 0.3) is 0 Å². The number of hydrogen-bond donors (Lipinski definition) is 1. The molecule has 0 atom stereocenters. The molecular weight excluding hydrogens is 274 g/mol. The molecule has 0 aliphatic rings. The number of pyridine rings is 1. The molecule has 3 rings (SSSR count). The van der Waals surface area contributed by atoms with Crippen molar-refractivity contribution in [3.8, 4) is 5.69 Å². The SMILES string of the molecule is Fc1cccc(NCc2ccc(-n3ccnc3)c(F)c2)n1. The van der Waals surface area contributed by atoms with Crippen molar-refractivity contribution in [1.82, 2.24) is 14.5 Å². The monoisotopic (exact) mass is 286 g/mol. The molecule has 21 heavy (non-hydrogen) atoms. The van der Waals surface area contributed by atoms with Crippen molar-refractivity contribution in [3.63, 3.8) is 0 Å². The topological polar surface area (TPSA) is 42.7 Å². The van der Waals surface area contributed by atoms with Crippen LogP contribution in [0.2, 0.25) is 0 Å². The molecule has 2 aromatic heterocycles. The van der Waals surface area contributed by atoms with E-state index in [1.54, 1.807) is 41.2 Å². The highest BCUT2D eigenvalue weighted by Crippen LogP contribution is 2.16. The Balaban J connectivity index is 1.74. The van der Waals surface area contributed by atoms with E-state index in [-0.39, 0.29) is 5.82 Å². The van der Waals surface area contributed by atoms with Crippen molar-refractivity contribution >= 4 is 5.82 Å². The number of imidazole rings is 1. The Morgan fingerprint density at radius 1 is 1.14 bits per heavy atom. The van der Waals surface area contributed by atoms with Gasteiger partial charge in [0.2, 0.25) is 5.95 Å². The summed E-state index contributed by atoms with van der Waals surface area (Å²) in [6, 6.07) is 9.39. The van der Waals surface area contributed by atoms with Crippen LogP contribution in [0.5, 0.6) is 0 Å². The first-order chi connectivity index (χ1) is 10.2. The van der Waals surface area contributed by atoms with E-state index in [0.29, 0.717) is 18.1 Å². The Kier molecular flexibility index (Phi) is 3.59. The zero-order valence-corrected chi connectivity index (χ0v) is 11.0. The third-order valence-electron chi connectivity index (χ3n) is 2.98. The normalized spacial score (nSPS) is 10.6. The van der Waals surface area contributed by atoms with Crippen molar-refractivity contribution in [2.45, 2.75) is 6.54 Å². The van der Waals surface area contributed by atoms with Crippen LogP contribution < -0.4 is 5.32 Å². The minimum Gasteiger partial charge on any atom is -0.366 e. The van der Waals surface area contributed by atoms with Crippen LogP contribution in [0.1, 0.15) is 5.56 Å². The second-order valence-corrected chi connectivity index (χ2v) is 4.45. The zero-order chi connectivity index (χ0) is 14.7. The van der Waals surface area contributed by atoms with Crippen LogP contribution in [0.4, 0.5) is 14.6 Å². The van der Waals surface area contributed by atoms with Crippen molar-refractivity contribution in [3.05, 3.63) is 72.4 Å². The van der Waals surface area contributed by atoms with Gasteiger partial charge in [-0.15, -0.1) is 0 Å². The summed E-state index contributed by atoms with van der Waals surface area (Å²) in [6.07, 6.45) is 4.80. The highest BCUT2D eigenvalue weighted by atomic mass is 19.1. The summed E-state index contributed by atoms with van der Waals surface area (Å²) in [6.45, 7) is 0.359. The molecule has 0 spiro atoms. The molecule has 0 aliphatic carbocycles. The minimum absolute atomic E-state index is 0.348. The Morgan fingerprint density at radius 3 is 2.76 bits per heavy atom. The van der Waals surface area contributed by atoms with E-state index in [9.17, 15) is 8.78 Å². The molecule has 0 saturated heterocycles. The molecule has 1 aromatic carbocycles. The maximum atomic E-state index is 14.1. The zero-order valence-electron chi connectivity index (χ0n) is 11.0. The van der Waals surface area contributed by atoms with Crippen LogP contribution in [0.25, 0.3) is 5.69 Å². The van der Waals surface area contributed by atoms with Gasteiger partial charge in [0.15, 0.2) is 0 Å². The van der Waals surface area contributed by atoms with Crippen LogP contribution >= 0.6 is 0 Å². The highest BCUT2D eigenvalue weighted by molar-refractivity contribution is 5.39. The van der Waals surface area contributed by atoms with Crippen molar-refractivity contribution in [2.75, 3.05) is 5.32 Å². The fourth-order valence-electron chi connectivity index (χ4n) is 1.97. The Bertz CT molecular complexity index is 741. The molecule has 0 fully saturated rings. The summed E-state index contributed by atoms with van der Waals surface area (Å²) < 4.78 is 28.6. The number of anilines is 1. The van der Waals surface area contributed by atoms with Crippen LogP contribution in [0.15, 0.2) is 55.1 Å². The molecule has 0 amide bonds. The largest absolute Gasteiger partial charge is 0.366 e. The number of benzene rings is 1. The second kappa shape index (κ2) is 5.70. The van der Waals surface area contributed by atoms with Gasteiger partial charge in [-0.3, -0.25) is 0 Å². The molecule has 0 unspecified atom stereocenters. The van der Waals surface area contributed by atoms with Gasteiger partial charge < -0.3 is 9.88 Å². The molecule has 0 aliphatic heterocycles. The smallest absolute Gasteiger partial charge is 0.214 e. The molecule has 0 bridgehead atoms. The lowest BCUT2D eigenvalue weighted by Crippen LogP contribution is -2.03. The summed E-state index contributed by atoms with van der Waals surface area (Å²) in [7, 11) is 0. The highest BCUT2D eigenvalue weighted by Gasteiger charge is 2.05. The van der Waals surface area contributed by atoms with Gasteiger partial charge in [-0.1, -0.05) is 12.1 Å². The maximum absolute atomic E-state index is 14.1. The number of rotatable bonds is 4. The van der Waals surface area contributed by atoms with Gasteiger partial charge in [0, 0.05) is 18.9 Å². The number of halogens is 2. The van der Waals surface area contributed by atoms with Crippen molar-refractivity contribution < 1.29 is 8.78 Å². The lowest BCUT2D eigenvalue weighted by atomic mass is 10.2. The Hall–Kier alpha value is -2.76. The Labute approximate surface area is 120 Å². The predicted octanol–water partition coefficient (Wildman–Crippen LogP) is 3.16. The summed E-state index contributed by atoms with van der Waals surface area (Å²) in [4.78, 5) is 7.57. The van der Waals surface area contributed by atoms with E-state index in [1.807, 2.05) is 0 Å². The second-order valence-electron chi connectivity index (χ2n) is 4.45. The number of nitrogens with one attached hydrogen (secondary N) is 1. The first-order valence-electron chi connectivity index (χ1n) is 6.35. The first-order valence-corrected chi connectivity index (χ1v) is 6.35. The van der Waals surface area contributed by atoms with Crippen LogP contribution in [0, 0.1) is 11.8 Å². The fraction of sp³-hybridized carbons (Fsp3) is 0.0667. The molecule has 2 heterocycles. The van der Waals surface area contributed by atoms with Crippen LogP contribution in [-0.4, -0.2) is 14.5 Å². The van der Waals surface area contributed by atoms with Gasteiger partial charge in [-0.05, 0) is 29.8 Å². The van der Waals surface area contributed by atoms with Gasteiger partial charge in [-0.2, -0.15) is 4.39 Å². The third-order valence-corrected chi connectivity index (χ3v) is 2.98. The molecule has 3 aromatic rings. The number of hydrogen-bond acceptors (Lipinski definition) is 3. The number of nitrogens with zero attached hydrogens (tertiary/aromatic N) is 3. The van der Waals surface area contributed by atoms with Gasteiger partial charge in [0.05, 0.1) is 12.0 Å². The molecule has 6 heteroatoms. The van der Waals surface area contributed by atoms with E-state index < -0.39 is 5.95 Å². The Morgan fingerprint density at radius 2 is 2.05 bits per heavy atom. The maximum Gasteiger partial charge on any atom is 0.214 e. The van der Waals surface area contributed by atoms with E-state index in [2.05, 4.69) is 15.3 Å². The number of aromatic nitrogens is 3. The predicted molar refractivity (Wildman–Crippen MR) is 75.0 cm³/mol. The standard InChI is InChI=1S/C15H12F2N4/c16-12-8-11(4-5-13(12)21-7-6-18-10-21)9-19-15-3-1-2-14(17)20-15/h1-8,10H,9H2,(H,19,20). The molecule has 106 valence electrons. The molecule has 0 saturated carbocycles. The summed E-state index contributed by atoms with van der Waals surface area (Å²) in [5.41, 5.74) is 1.17. The van der Waals surface area contributed by atoms with Crippen molar-refractivity contribution in [1.29, 1.82) is 0 Å². The van der Waals surface area contributed by atoms with E-state index >= 15 is 0 Å². The van der Waals surface area contributed by atoms with Crippen molar-refractivity contribution in [2.24, 2.45) is 0 Å². The van der Waals surface area contributed by atoms with E-state index in [4.69, 9.17) is 0 Å². The quantitative estimate of drug-likeness (QED) is 0.749. The van der Waals surface area contributed by atoms with Gasteiger partial charge >= 0.3 is 0 Å². The van der Waals surface area contributed by atoms with Crippen LogP contribution in [0.3, 0.4) is 0 Å². The van der Waals surface area contributed by atoms with Crippen LogP contribution in [-0.2, 0) is 6.54 Å². The van der Waals surface area contributed by atoms with E-state index in [0.717, 1.165) is 5.56 Å². The summed E-state index contributed by atoms with van der Waals surface area (Å²) in [5.74, 6) is -0.491.